The summed E-state index contributed by atoms with van der Waals surface area (Å²) in [5.41, 5.74) is 1.79. The molecule has 2 aromatic heterocycles. The molecule has 0 aromatic carbocycles. The standard InChI is InChI=1S/C13H14BrN3O2/c1-9-4-3-5-15-11(9)13(18)12-10(14)8-16-17(12)6-7-19-2/h3-5,8H,6-7H2,1-2H3. The molecule has 0 unspecified atom stereocenters. The molecule has 0 atom stereocenters. The van der Waals surface area contributed by atoms with Crippen molar-refractivity contribution in [1.82, 2.24) is 14.8 Å². The number of pyridine rings is 1. The van der Waals surface area contributed by atoms with E-state index in [0.717, 1.165) is 5.56 Å². The second kappa shape index (κ2) is 6.08. The van der Waals surface area contributed by atoms with Crippen LogP contribution < -0.4 is 0 Å². The molecular weight excluding hydrogens is 310 g/mol. The normalized spacial score (nSPS) is 10.7. The number of carbonyl (C=O) groups excluding carboxylic acids is 1. The third-order valence-electron chi connectivity index (χ3n) is 2.74. The van der Waals surface area contributed by atoms with Crippen LogP contribution in [0.2, 0.25) is 0 Å². The summed E-state index contributed by atoms with van der Waals surface area (Å²) in [7, 11) is 1.61. The number of carbonyl (C=O) groups is 1. The van der Waals surface area contributed by atoms with Crippen LogP contribution in [0.15, 0.2) is 29.0 Å². The Balaban J connectivity index is 2.39. The maximum Gasteiger partial charge on any atom is 0.230 e. The van der Waals surface area contributed by atoms with E-state index >= 15 is 0 Å². The molecule has 0 saturated heterocycles. The highest BCUT2D eigenvalue weighted by atomic mass is 79.9. The van der Waals surface area contributed by atoms with Crippen molar-refractivity contribution >= 4 is 21.7 Å². The Morgan fingerprint density at radius 3 is 3.00 bits per heavy atom. The average molecular weight is 324 g/mol. The quantitative estimate of drug-likeness (QED) is 0.792. The number of nitrogens with zero attached hydrogens (tertiary/aromatic N) is 3. The van der Waals surface area contributed by atoms with Crippen molar-refractivity contribution in [3.63, 3.8) is 0 Å². The Kier molecular flexibility index (Phi) is 4.44. The van der Waals surface area contributed by atoms with Crippen molar-refractivity contribution < 1.29 is 9.53 Å². The second-order valence-corrected chi connectivity index (χ2v) is 4.91. The van der Waals surface area contributed by atoms with Crippen LogP contribution in [0.4, 0.5) is 0 Å². The molecule has 0 aliphatic heterocycles. The molecular formula is C13H14BrN3O2. The van der Waals surface area contributed by atoms with E-state index in [1.54, 1.807) is 24.2 Å². The van der Waals surface area contributed by atoms with Gasteiger partial charge >= 0.3 is 0 Å². The fraction of sp³-hybridized carbons (Fsp3) is 0.308. The molecule has 0 spiro atoms. The van der Waals surface area contributed by atoms with Crippen molar-refractivity contribution in [3.05, 3.63) is 46.0 Å². The minimum Gasteiger partial charge on any atom is -0.383 e. The number of halogens is 1. The first-order valence-electron chi connectivity index (χ1n) is 5.81. The smallest absolute Gasteiger partial charge is 0.230 e. The van der Waals surface area contributed by atoms with Crippen molar-refractivity contribution in [1.29, 1.82) is 0 Å². The van der Waals surface area contributed by atoms with Crippen LogP contribution in [-0.4, -0.2) is 34.3 Å². The van der Waals surface area contributed by atoms with Crippen LogP contribution in [0.3, 0.4) is 0 Å². The summed E-state index contributed by atoms with van der Waals surface area (Å²) in [4.78, 5) is 16.7. The van der Waals surface area contributed by atoms with E-state index in [1.165, 1.54) is 0 Å². The zero-order valence-corrected chi connectivity index (χ0v) is 12.3. The van der Waals surface area contributed by atoms with E-state index in [-0.39, 0.29) is 5.78 Å². The lowest BCUT2D eigenvalue weighted by atomic mass is 10.1. The first-order chi connectivity index (χ1) is 9.15. The number of methoxy groups -OCH3 is 1. The summed E-state index contributed by atoms with van der Waals surface area (Å²) >= 11 is 3.36. The monoisotopic (exact) mass is 323 g/mol. The zero-order chi connectivity index (χ0) is 13.8. The molecule has 0 aliphatic rings. The maximum atomic E-state index is 12.5. The summed E-state index contributed by atoms with van der Waals surface area (Å²) in [6, 6.07) is 3.67. The summed E-state index contributed by atoms with van der Waals surface area (Å²) in [5, 5.41) is 4.17. The van der Waals surface area contributed by atoms with Crippen LogP contribution in [0.25, 0.3) is 0 Å². The maximum absolute atomic E-state index is 12.5. The van der Waals surface area contributed by atoms with Gasteiger partial charge in [-0.1, -0.05) is 6.07 Å². The van der Waals surface area contributed by atoms with Crippen molar-refractivity contribution in [2.75, 3.05) is 13.7 Å². The van der Waals surface area contributed by atoms with Crippen LogP contribution in [-0.2, 0) is 11.3 Å². The highest BCUT2D eigenvalue weighted by Gasteiger charge is 2.21. The number of hydrogen-bond acceptors (Lipinski definition) is 4. The van der Waals surface area contributed by atoms with Gasteiger partial charge in [-0.05, 0) is 34.5 Å². The lowest BCUT2D eigenvalue weighted by Gasteiger charge is -2.08. The van der Waals surface area contributed by atoms with Gasteiger partial charge in [0.1, 0.15) is 11.4 Å². The van der Waals surface area contributed by atoms with Gasteiger partial charge in [0, 0.05) is 13.3 Å². The van der Waals surface area contributed by atoms with Crippen LogP contribution in [0.5, 0.6) is 0 Å². The zero-order valence-electron chi connectivity index (χ0n) is 10.8. The molecule has 2 aromatic rings. The number of rotatable bonds is 5. The molecule has 0 saturated carbocycles. The van der Waals surface area contributed by atoms with Gasteiger partial charge in [0.15, 0.2) is 0 Å². The Labute approximate surface area is 119 Å². The molecule has 2 heterocycles. The van der Waals surface area contributed by atoms with Gasteiger partial charge in [0.25, 0.3) is 0 Å². The van der Waals surface area contributed by atoms with Gasteiger partial charge in [-0.15, -0.1) is 0 Å². The van der Waals surface area contributed by atoms with E-state index in [2.05, 4.69) is 26.0 Å². The van der Waals surface area contributed by atoms with Crippen molar-refractivity contribution in [2.24, 2.45) is 0 Å². The summed E-state index contributed by atoms with van der Waals surface area (Å²) in [6.45, 7) is 2.88. The lowest BCUT2D eigenvalue weighted by Crippen LogP contribution is -2.16. The number of ether oxygens (including phenoxy) is 1. The molecule has 100 valence electrons. The molecule has 0 aliphatic carbocycles. The highest BCUT2D eigenvalue weighted by molar-refractivity contribution is 9.10. The largest absolute Gasteiger partial charge is 0.383 e. The molecule has 0 fully saturated rings. The van der Waals surface area contributed by atoms with Gasteiger partial charge in [-0.3, -0.25) is 14.5 Å². The SMILES string of the molecule is COCCn1ncc(Br)c1C(=O)c1ncccc1C. The molecule has 5 nitrogen and oxygen atoms in total. The van der Waals surface area contributed by atoms with E-state index in [1.807, 2.05) is 19.1 Å². The first-order valence-corrected chi connectivity index (χ1v) is 6.61. The lowest BCUT2D eigenvalue weighted by molar-refractivity contribution is 0.101. The summed E-state index contributed by atoms with van der Waals surface area (Å²) < 4.78 is 7.31. The van der Waals surface area contributed by atoms with E-state index in [4.69, 9.17) is 4.74 Å². The van der Waals surface area contributed by atoms with Crippen LogP contribution >= 0.6 is 15.9 Å². The van der Waals surface area contributed by atoms with Gasteiger partial charge in [-0.25, -0.2) is 0 Å². The highest BCUT2D eigenvalue weighted by Crippen LogP contribution is 2.20. The predicted octanol–water partition coefficient (Wildman–Crippen LogP) is 2.23. The Morgan fingerprint density at radius 2 is 2.32 bits per heavy atom. The molecule has 6 heteroatoms. The molecule has 2 rings (SSSR count). The Hall–Kier alpha value is -1.53. The molecule has 0 radical (unpaired) electrons. The molecule has 0 N–H and O–H groups in total. The number of aromatic nitrogens is 3. The third-order valence-corrected chi connectivity index (χ3v) is 3.32. The summed E-state index contributed by atoms with van der Waals surface area (Å²) in [6.07, 6.45) is 3.23. The Morgan fingerprint density at radius 1 is 1.53 bits per heavy atom. The fourth-order valence-corrected chi connectivity index (χ4v) is 2.25. The van der Waals surface area contributed by atoms with Gasteiger partial charge in [0.2, 0.25) is 5.78 Å². The number of hydrogen-bond donors (Lipinski definition) is 0. The van der Waals surface area contributed by atoms with E-state index in [9.17, 15) is 4.79 Å². The minimum atomic E-state index is -0.140. The molecule has 0 bridgehead atoms. The van der Waals surface area contributed by atoms with Crippen LogP contribution in [0, 0.1) is 6.92 Å². The Bertz CT molecular complexity index is 595. The average Bonchev–Trinajstić information content (AvgIpc) is 2.77. The van der Waals surface area contributed by atoms with Gasteiger partial charge in [-0.2, -0.15) is 5.10 Å². The van der Waals surface area contributed by atoms with E-state index < -0.39 is 0 Å². The predicted molar refractivity (Wildman–Crippen MR) is 74.2 cm³/mol. The van der Waals surface area contributed by atoms with Gasteiger partial charge < -0.3 is 4.74 Å². The van der Waals surface area contributed by atoms with Crippen LogP contribution in [0.1, 0.15) is 21.7 Å². The second-order valence-electron chi connectivity index (χ2n) is 4.06. The van der Waals surface area contributed by atoms with Crippen molar-refractivity contribution in [3.8, 4) is 0 Å². The van der Waals surface area contributed by atoms with Crippen molar-refractivity contribution in [2.45, 2.75) is 13.5 Å². The summed E-state index contributed by atoms with van der Waals surface area (Å²) in [5.74, 6) is -0.140. The van der Waals surface area contributed by atoms with E-state index in [0.29, 0.717) is 29.0 Å². The van der Waals surface area contributed by atoms with Gasteiger partial charge in [0.05, 0.1) is 23.8 Å². The fourth-order valence-electron chi connectivity index (χ4n) is 1.77. The number of ketones is 1. The minimum absolute atomic E-state index is 0.140. The molecule has 19 heavy (non-hydrogen) atoms. The number of aryl methyl sites for hydroxylation is 1. The third kappa shape index (κ3) is 2.90. The first kappa shape index (κ1) is 13.9. The molecule has 0 amide bonds. The topological polar surface area (TPSA) is 57.0 Å².